The minimum Gasteiger partial charge on any atom is -0.508 e. The fraction of sp³-hybridized carbons (Fsp3) is 0.158. The molecule has 0 saturated heterocycles. The maximum absolute atomic E-state index is 12.2. The summed E-state index contributed by atoms with van der Waals surface area (Å²) in [5.41, 5.74) is 1.59. The first kappa shape index (κ1) is 16.6. The van der Waals surface area contributed by atoms with E-state index in [-0.39, 0.29) is 17.9 Å². The predicted molar refractivity (Wildman–Crippen MR) is 94.0 cm³/mol. The number of esters is 1. The second kappa shape index (κ2) is 6.68. The van der Waals surface area contributed by atoms with Gasteiger partial charge in [0, 0.05) is 42.9 Å². The van der Waals surface area contributed by atoms with E-state index in [1.54, 1.807) is 18.2 Å². The van der Waals surface area contributed by atoms with E-state index in [9.17, 15) is 14.7 Å². The molecule has 0 bridgehead atoms. The lowest BCUT2D eigenvalue weighted by Crippen LogP contribution is -2.10. The number of ether oxygens (including phenoxy) is 1. The Hall–Kier alpha value is -3.28. The first-order valence-corrected chi connectivity index (χ1v) is 7.64. The molecule has 0 fully saturated rings. The summed E-state index contributed by atoms with van der Waals surface area (Å²) in [6.45, 7) is -0.0683. The van der Waals surface area contributed by atoms with Crippen molar-refractivity contribution >= 4 is 22.6 Å². The highest BCUT2D eigenvalue weighted by Crippen LogP contribution is 2.22. The second-order valence-corrected chi connectivity index (χ2v) is 5.79. The number of rotatable bonds is 4. The zero-order valence-corrected chi connectivity index (χ0v) is 13.9. The Morgan fingerprint density at radius 1 is 1.12 bits per heavy atom. The number of aromatic hydroxyl groups is 1. The number of nitrogens with zero attached hydrogens (tertiary/aromatic N) is 1. The Kier molecular flexibility index (Phi) is 4.43. The van der Waals surface area contributed by atoms with Crippen LogP contribution in [0.15, 0.2) is 57.7 Å². The molecular weight excluding hydrogens is 322 g/mol. The van der Waals surface area contributed by atoms with Crippen LogP contribution in [0, 0.1) is 0 Å². The van der Waals surface area contributed by atoms with Crippen molar-refractivity contribution in [3.63, 3.8) is 0 Å². The van der Waals surface area contributed by atoms with E-state index in [1.165, 1.54) is 18.2 Å². The summed E-state index contributed by atoms with van der Waals surface area (Å²) < 4.78 is 10.4. The smallest absolute Gasteiger partial charge is 0.338 e. The van der Waals surface area contributed by atoms with Crippen LogP contribution >= 0.6 is 0 Å². The average Bonchev–Trinajstić information content (AvgIpc) is 2.58. The number of anilines is 1. The Bertz CT molecular complexity index is 973. The van der Waals surface area contributed by atoms with Gasteiger partial charge in [-0.25, -0.2) is 9.59 Å². The molecule has 128 valence electrons. The number of phenolic OH excluding ortho intramolecular Hbond substituents is 1. The SMILES string of the molecule is CN(C)c1ccc(C(=O)OCc2cc(=O)oc3cc(O)ccc23)cc1. The van der Waals surface area contributed by atoms with Crippen LogP contribution in [0.5, 0.6) is 5.75 Å². The number of carbonyl (C=O) groups is 1. The molecule has 0 spiro atoms. The number of carbonyl (C=O) groups excluding carboxylic acids is 1. The largest absolute Gasteiger partial charge is 0.508 e. The van der Waals surface area contributed by atoms with Crippen molar-refractivity contribution in [3.8, 4) is 5.75 Å². The van der Waals surface area contributed by atoms with Gasteiger partial charge in [0.05, 0.1) is 5.56 Å². The second-order valence-electron chi connectivity index (χ2n) is 5.79. The third-order valence-corrected chi connectivity index (χ3v) is 3.79. The van der Waals surface area contributed by atoms with Crippen LogP contribution in [0.4, 0.5) is 5.69 Å². The Morgan fingerprint density at radius 2 is 1.84 bits per heavy atom. The molecular formula is C19H17NO5. The molecule has 0 aliphatic rings. The van der Waals surface area contributed by atoms with Crippen molar-refractivity contribution in [2.45, 2.75) is 6.61 Å². The number of benzene rings is 2. The number of hydrogen-bond acceptors (Lipinski definition) is 6. The van der Waals surface area contributed by atoms with Crippen LogP contribution in [0.25, 0.3) is 11.0 Å². The van der Waals surface area contributed by atoms with E-state index in [0.29, 0.717) is 16.5 Å². The normalized spacial score (nSPS) is 10.6. The van der Waals surface area contributed by atoms with Gasteiger partial charge in [0.1, 0.15) is 17.9 Å². The molecule has 3 rings (SSSR count). The van der Waals surface area contributed by atoms with E-state index >= 15 is 0 Å². The first-order valence-electron chi connectivity index (χ1n) is 7.64. The lowest BCUT2D eigenvalue weighted by Gasteiger charge is -2.12. The van der Waals surface area contributed by atoms with Gasteiger partial charge in [0.25, 0.3) is 0 Å². The Balaban J connectivity index is 1.80. The monoisotopic (exact) mass is 339 g/mol. The predicted octanol–water partition coefficient (Wildman–Crippen LogP) is 2.92. The molecule has 6 nitrogen and oxygen atoms in total. The van der Waals surface area contributed by atoms with Crippen molar-refractivity contribution in [2.24, 2.45) is 0 Å². The van der Waals surface area contributed by atoms with Gasteiger partial charge in [-0.15, -0.1) is 0 Å². The molecule has 0 saturated carbocycles. The third kappa shape index (κ3) is 3.63. The first-order chi connectivity index (χ1) is 11.9. The zero-order chi connectivity index (χ0) is 18.0. The van der Waals surface area contributed by atoms with E-state index in [2.05, 4.69) is 0 Å². The van der Waals surface area contributed by atoms with Gasteiger partial charge in [-0.3, -0.25) is 0 Å². The Labute approximate surface area is 143 Å². The molecule has 1 N–H and O–H groups in total. The molecule has 3 aromatic rings. The van der Waals surface area contributed by atoms with E-state index in [0.717, 1.165) is 5.69 Å². The molecule has 0 amide bonds. The minimum atomic E-state index is -0.570. The van der Waals surface area contributed by atoms with Crippen LogP contribution in [-0.2, 0) is 11.3 Å². The summed E-state index contributed by atoms with van der Waals surface area (Å²) in [5.74, 6) is -0.490. The van der Waals surface area contributed by atoms with Crippen molar-refractivity contribution < 1.29 is 19.1 Å². The van der Waals surface area contributed by atoms with Crippen molar-refractivity contribution in [2.75, 3.05) is 19.0 Å². The molecule has 6 heteroatoms. The molecule has 0 aliphatic carbocycles. The summed E-state index contributed by atoms with van der Waals surface area (Å²) in [5, 5.41) is 10.1. The molecule has 0 unspecified atom stereocenters. The van der Waals surface area contributed by atoms with Crippen LogP contribution in [0.3, 0.4) is 0 Å². The lowest BCUT2D eigenvalue weighted by atomic mass is 10.1. The quantitative estimate of drug-likeness (QED) is 0.581. The van der Waals surface area contributed by atoms with E-state index in [4.69, 9.17) is 9.15 Å². The highest BCUT2D eigenvalue weighted by Gasteiger charge is 2.11. The van der Waals surface area contributed by atoms with Crippen LogP contribution in [0.1, 0.15) is 15.9 Å². The fourth-order valence-electron chi connectivity index (χ4n) is 2.46. The van der Waals surface area contributed by atoms with Crippen molar-refractivity contribution in [1.29, 1.82) is 0 Å². The summed E-state index contributed by atoms with van der Waals surface area (Å²) in [7, 11) is 3.83. The van der Waals surface area contributed by atoms with Gasteiger partial charge in [-0.2, -0.15) is 0 Å². The van der Waals surface area contributed by atoms with Gasteiger partial charge in [-0.1, -0.05) is 0 Å². The summed E-state index contributed by atoms with van der Waals surface area (Å²) in [4.78, 5) is 25.8. The standard InChI is InChI=1S/C19H17NO5/c1-20(2)14-5-3-12(4-6-14)19(23)24-11-13-9-18(22)25-17-10-15(21)7-8-16(13)17/h3-10,21H,11H2,1-2H3. The number of hydrogen-bond donors (Lipinski definition) is 1. The van der Waals surface area contributed by atoms with Crippen LogP contribution in [0.2, 0.25) is 0 Å². The lowest BCUT2D eigenvalue weighted by molar-refractivity contribution is 0.0474. The highest BCUT2D eigenvalue weighted by atomic mass is 16.5. The maximum Gasteiger partial charge on any atom is 0.338 e. The fourth-order valence-corrected chi connectivity index (χ4v) is 2.46. The maximum atomic E-state index is 12.2. The van der Waals surface area contributed by atoms with Crippen molar-refractivity contribution in [3.05, 3.63) is 70.1 Å². The topological polar surface area (TPSA) is 80.0 Å². The minimum absolute atomic E-state index is 0.00854. The summed E-state index contributed by atoms with van der Waals surface area (Å²) >= 11 is 0. The van der Waals surface area contributed by atoms with Crippen molar-refractivity contribution in [1.82, 2.24) is 0 Å². The number of phenols is 1. The molecule has 1 aromatic heterocycles. The average molecular weight is 339 g/mol. The number of fused-ring (bicyclic) bond motifs is 1. The zero-order valence-electron chi connectivity index (χ0n) is 13.9. The van der Waals surface area contributed by atoms with E-state index < -0.39 is 11.6 Å². The Morgan fingerprint density at radius 3 is 2.52 bits per heavy atom. The van der Waals surface area contributed by atoms with Gasteiger partial charge >= 0.3 is 11.6 Å². The van der Waals surface area contributed by atoms with Gasteiger partial charge in [-0.05, 0) is 36.4 Å². The van der Waals surface area contributed by atoms with Crippen LogP contribution < -0.4 is 10.5 Å². The molecule has 0 atom stereocenters. The molecule has 0 radical (unpaired) electrons. The molecule has 0 aliphatic heterocycles. The summed E-state index contributed by atoms with van der Waals surface area (Å²) in [6.07, 6.45) is 0. The third-order valence-electron chi connectivity index (χ3n) is 3.79. The van der Waals surface area contributed by atoms with Gasteiger partial charge < -0.3 is 19.2 Å². The van der Waals surface area contributed by atoms with Gasteiger partial charge in [0.15, 0.2) is 0 Å². The van der Waals surface area contributed by atoms with Crippen LogP contribution in [-0.4, -0.2) is 25.2 Å². The molecule has 1 heterocycles. The van der Waals surface area contributed by atoms with E-state index in [1.807, 2.05) is 31.1 Å². The van der Waals surface area contributed by atoms with Gasteiger partial charge in [0.2, 0.25) is 0 Å². The molecule has 25 heavy (non-hydrogen) atoms. The summed E-state index contributed by atoms with van der Waals surface area (Å²) in [6, 6.07) is 12.7. The highest BCUT2D eigenvalue weighted by molar-refractivity contribution is 5.90. The molecule has 2 aromatic carbocycles.